The second-order valence-electron chi connectivity index (χ2n) is 2.50. The number of halogens is 4. The highest BCUT2D eigenvalue weighted by atomic mass is 35.5. The molecule has 82 valence electrons. The van der Waals surface area contributed by atoms with Gasteiger partial charge in [-0.2, -0.15) is 0 Å². The fourth-order valence-electron chi connectivity index (χ4n) is 0.863. The number of hydrogen-bond acceptors (Lipinski definition) is 2. The van der Waals surface area contributed by atoms with E-state index >= 15 is 0 Å². The average Bonchev–Trinajstić information content (AvgIpc) is 2.15. The topological polar surface area (TPSA) is 38.3 Å². The summed E-state index contributed by atoms with van der Waals surface area (Å²) in [7, 11) is 0. The lowest BCUT2D eigenvalue weighted by Crippen LogP contribution is -2.17. The maximum Gasteiger partial charge on any atom is 0.573 e. The molecule has 0 atom stereocenters. The molecule has 3 nitrogen and oxygen atoms in total. The van der Waals surface area contributed by atoms with Crippen LogP contribution in [0.3, 0.4) is 0 Å². The number of rotatable bonds is 2. The molecule has 0 aromatic heterocycles. The Morgan fingerprint density at radius 3 is 2.20 bits per heavy atom. The van der Waals surface area contributed by atoms with Crippen molar-refractivity contribution < 1.29 is 22.7 Å². The molecule has 15 heavy (non-hydrogen) atoms. The van der Waals surface area contributed by atoms with Gasteiger partial charge < -0.3 is 4.74 Å². The first kappa shape index (κ1) is 11.6. The maximum atomic E-state index is 11.7. The molecule has 0 aliphatic heterocycles. The van der Waals surface area contributed by atoms with Gasteiger partial charge in [0.2, 0.25) is 0 Å². The van der Waals surface area contributed by atoms with Crippen LogP contribution in [0.25, 0.3) is 0 Å². The molecule has 7 heteroatoms. The fraction of sp³-hybridized carbons (Fsp3) is 0.125. The summed E-state index contributed by atoms with van der Waals surface area (Å²) in [5, 5.41) is 0. The van der Waals surface area contributed by atoms with Crippen molar-refractivity contribution in [1.82, 2.24) is 4.84 Å². The summed E-state index contributed by atoms with van der Waals surface area (Å²) >= 11 is 5.02. The third-order valence-electron chi connectivity index (χ3n) is 1.44. The number of ether oxygens (including phenoxy) is 1. The first-order valence-electron chi connectivity index (χ1n) is 3.69. The second kappa shape index (κ2) is 4.39. The fourth-order valence-corrected chi connectivity index (χ4v) is 0.972. The van der Waals surface area contributed by atoms with Crippen molar-refractivity contribution in [3.63, 3.8) is 0 Å². The summed E-state index contributed by atoms with van der Waals surface area (Å²) in [5.74, 6) is -0.996. The van der Waals surface area contributed by atoms with Crippen molar-refractivity contribution in [2.45, 2.75) is 6.36 Å². The number of benzene rings is 1. The summed E-state index contributed by atoms with van der Waals surface area (Å²) in [6.45, 7) is 0. The molecular weight excluding hydrogens is 235 g/mol. The molecule has 0 bridgehead atoms. The molecule has 0 radical (unpaired) electrons. The molecule has 1 aromatic rings. The number of alkyl halides is 3. The van der Waals surface area contributed by atoms with E-state index in [0.29, 0.717) is 0 Å². The Hall–Kier alpha value is -1.43. The molecule has 0 saturated carbocycles. The van der Waals surface area contributed by atoms with Crippen LogP contribution in [0.5, 0.6) is 5.75 Å². The molecule has 1 amide bonds. The minimum Gasteiger partial charge on any atom is -0.406 e. The predicted octanol–water partition coefficient (Wildman–Crippen LogP) is 2.47. The van der Waals surface area contributed by atoms with E-state index in [-0.39, 0.29) is 5.56 Å². The Labute approximate surface area is 87.9 Å². The Bertz CT molecular complexity index is 350. The zero-order valence-corrected chi connectivity index (χ0v) is 7.89. The van der Waals surface area contributed by atoms with Crippen molar-refractivity contribution >= 4 is 17.7 Å². The summed E-state index contributed by atoms with van der Waals surface area (Å²) in [6.07, 6.45) is -4.74. The van der Waals surface area contributed by atoms with Crippen LogP contribution in [-0.4, -0.2) is 12.3 Å². The highest BCUT2D eigenvalue weighted by Gasteiger charge is 2.30. The minimum absolute atomic E-state index is 0.138. The Morgan fingerprint density at radius 1 is 1.27 bits per heavy atom. The van der Waals surface area contributed by atoms with E-state index in [2.05, 4.69) is 4.74 Å². The number of nitrogens with one attached hydrogen (secondary N) is 1. The lowest BCUT2D eigenvalue weighted by molar-refractivity contribution is -0.274. The van der Waals surface area contributed by atoms with E-state index in [1.807, 2.05) is 4.84 Å². The van der Waals surface area contributed by atoms with Crippen LogP contribution >= 0.6 is 11.8 Å². The Morgan fingerprint density at radius 2 is 1.80 bits per heavy atom. The summed E-state index contributed by atoms with van der Waals surface area (Å²) in [4.78, 5) is 12.7. The van der Waals surface area contributed by atoms with E-state index in [9.17, 15) is 18.0 Å². The molecule has 1 rings (SSSR count). The third-order valence-corrected chi connectivity index (χ3v) is 1.61. The van der Waals surface area contributed by atoms with Gasteiger partial charge in [0, 0.05) is 17.3 Å². The summed E-state index contributed by atoms with van der Waals surface area (Å²) in [5.41, 5.74) is 0.138. The molecule has 0 fully saturated rings. The van der Waals surface area contributed by atoms with Crippen LogP contribution in [-0.2, 0) is 0 Å². The highest BCUT2D eigenvalue weighted by molar-refractivity contribution is 6.24. The maximum absolute atomic E-state index is 11.7. The van der Waals surface area contributed by atoms with E-state index in [1.54, 1.807) is 0 Å². The van der Waals surface area contributed by atoms with Gasteiger partial charge in [0.05, 0.1) is 0 Å². The molecule has 1 N–H and O–H groups in total. The third kappa shape index (κ3) is 3.67. The van der Waals surface area contributed by atoms with E-state index < -0.39 is 18.0 Å². The number of amides is 1. The monoisotopic (exact) mass is 239 g/mol. The van der Waals surface area contributed by atoms with Gasteiger partial charge in [-0.3, -0.25) is 9.63 Å². The first-order chi connectivity index (χ1) is 6.92. The van der Waals surface area contributed by atoms with Crippen molar-refractivity contribution in [1.29, 1.82) is 0 Å². The molecule has 0 heterocycles. The standard InChI is InChI=1S/C8H5ClF3NO2/c9-13-7(14)5-1-3-6(4-2-5)15-8(10,11)12/h1-4H,(H,13,14). The lowest BCUT2D eigenvalue weighted by atomic mass is 10.2. The van der Waals surface area contributed by atoms with Crippen molar-refractivity contribution in [3.05, 3.63) is 29.8 Å². The van der Waals surface area contributed by atoms with Crippen molar-refractivity contribution in [2.75, 3.05) is 0 Å². The predicted molar refractivity (Wildman–Crippen MR) is 46.4 cm³/mol. The molecule has 0 spiro atoms. The van der Waals surface area contributed by atoms with Gasteiger partial charge >= 0.3 is 6.36 Å². The van der Waals surface area contributed by atoms with Crippen LogP contribution in [0.1, 0.15) is 10.4 Å². The normalized spacial score (nSPS) is 10.9. The zero-order chi connectivity index (χ0) is 11.5. The van der Waals surface area contributed by atoms with Crippen molar-refractivity contribution in [2.24, 2.45) is 0 Å². The summed E-state index contributed by atoms with van der Waals surface area (Å²) in [6, 6.07) is 4.38. The Kier molecular flexibility index (Phi) is 3.41. The average molecular weight is 240 g/mol. The van der Waals surface area contributed by atoms with Gasteiger partial charge in [0.1, 0.15) is 5.75 Å². The summed E-state index contributed by atoms with van der Waals surface area (Å²) < 4.78 is 38.8. The lowest BCUT2D eigenvalue weighted by Gasteiger charge is -2.08. The van der Waals surface area contributed by atoms with Gasteiger partial charge in [-0.05, 0) is 24.3 Å². The molecule has 1 aromatic carbocycles. The molecule has 0 unspecified atom stereocenters. The molecule has 0 aliphatic carbocycles. The number of hydrogen-bond donors (Lipinski definition) is 1. The smallest absolute Gasteiger partial charge is 0.406 e. The van der Waals surface area contributed by atoms with E-state index in [1.165, 1.54) is 12.1 Å². The SMILES string of the molecule is O=C(NCl)c1ccc(OC(F)(F)F)cc1. The quantitative estimate of drug-likeness (QED) is 0.805. The zero-order valence-electron chi connectivity index (χ0n) is 7.14. The largest absolute Gasteiger partial charge is 0.573 e. The van der Waals surface area contributed by atoms with E-state index in [0.717, 1.165) is 12.1 Å². The van der Waals surface area contributed by atoms with Gasteiger partial charge in [0.25, 0.3) is 5.91 Å². The van der Waals surface area contributed by atoms with Gasteiger partial charge in [-0.25, -0.2) is 0 Å². The van der Waals surface area contributed by atoms with Crippen molar-refractivity contribution in [3.8, 4) is 5.75 Å². The second-order valence-corrected chi connectivity index (χ2v) is 2.68. The van der Waals surface area contributed by atoms with Crippen LogP contribution < -0.4 is 9.57 Å². The van der Waals surface area contributed by atoms with Crippen LogP contribution in [0.4, 0.5) is 13.2 Å². The van der Waals surface area contributed by atoms with Gasteiger partial charge in [-0.15, -0.1) is 13.2 Å². The van der Waals surface area contributed by atoms with E-state index in [4.69, 9.17) is 11.8 Å². The number of carbonyl (C=O) groups is 1. The molecule has 0 saturated heterocycles. The Balaban J connectivity index is 2.77. The molecule has 0 aliphatic rings. The van der Waals surface area contributed by atoms with Crippen LogP contribution in [0.2, 0.25) is 0 Å². The van der Waals surface area contributed by atoms with Crippen LogP contribution in [0, 0.1) is 0 Å². The first-order valence-corrected chi connectivity index (χ1v) is 4.07. The molecular formula is C8H5ClF3NO2. The highest BCUT2D eigenvalue weighted by Crippen LogP contribution is 2.22. The number of carbonyl (C=O) groups excluding carboxylic acids is 1. The minimum atomic E-state index is -4.74. The van der Waals surface area contributed by atoms with Crippen LogP contribution in [0.15, 0.2) is 24.3 Å². The van der Waals surface area contributed by atoms with Gasteiger partial charge in [0.15, 0.2) is 0 Å². The van der Waals surface area contributed by atoms with Gasteiger partial charge in [-0.1, -0.05) is 0 Å².